The standard InChI is InChI=1S/C10H21N3/c1-11-5-7-13(8-6-11)10-3-4-12(2)9-10/h10H,3-9H2,1-2H3/t10-/m1/s1. The van der Waals surface area contributed by atoms with E-state index in [1.165, 1.54) is 45.7 Å². The molecule has 0 radical (unpaired) electrons. The minimum atomic E-state index is 0.846. The number of rotatable bonds is 1. The Hall–Kier alpha value is -0.120. The number of likely N-dealkylation sites (N-methyl/N-ethyl adjacent to an activating group) is 2. The van der Waals surface area contributed by atoms with Crippen molar-refractivity contribution in [1.82, 2.24) is 14.7 Å². The molecule has 3 heteroatoms. The van der Waals surface area contributed by atoms with E-state index >= 15 is 0 Å². The molecular weight excluding hydrogens is 162 g/mol. The van der Waals surface area contributed by atoms with Crippen molar-refractivity contribution in [3.05, 3.63) is 0 Å². The molecule has 3 nitrogen and oxygen atoms in total. The first-order chi connectivity index (χ1) is 6.25. The third kappa shape index (κ3) is 2.22. The lowest BCUT2D eigenvalue weighted by Gasteiger charge is -2.36. The fourth-order valence-corrected chi connectivity index (χ4v) is 2.40. The highest BCUT2D eigenvalue weighted by Crippen LogP contribution is 2.15. The lowest BCUT2D eigenvalue weighted by Crippen LogP contribution is -2.49. The zero-order chi connectivity index (χ0) is 9.26. The zero-order valence-electron chi connectivity index (χ0n) is 8.87. The van der Waals surface area contributed by atoms with Gasteiger partial charge in [0.05, 0.1) is 0 Å². The van der Waals surface area contributed by atoms with E-state index in [2.05, 4.69) is 28.8 Å². The number of hydrogen-bond donors (Lipinski definition) is 0. The smallest absolute Gasteiger partial charge is 0.0236 e. The second kappa shape index (κ2) is 3.95. The highest BCUT2D eigenvalue weighted by atomic mass is 15.3. The molecule has 0 unspecified atom stereocenters. The van der Waals surface area contributed by atoms with Crippen molar-refractivity contribution < 1.29 is 0 Å². The molecule has 2 aliphatic heterocycles. The van der Waals surface area contributed by atoms with Crippen LogP contribution >= 0.6 is 0 Å². The van der Waals surface area contributed by atoms with E-state index in [0.29, 0.717) is 0 Å². The number of likely N-dealkylation sites (tertiary alicyclic amines) is 1. The molecular formula is C10H21N3. The van der Waals surface area contributed by atoms with Gasteiger partial charge in [0, 0.05) is 38.8 Å². The van der Waals surface area contributed by atoms with Crippen LogP contribution in [0, 0.1) is 0 Å². The van der Waals surface area contributed by atoms with Gasteiger partial charge >= 0.3 is 0 Å². The van der Waals surface area contributed by atoms with Crippen LogP contribution in [0.3, 0.4) is 0 Å². The Labute approximate surface area is 81.3 Å². The van der Waals surface area contributed by atoms with Crippen LogP contribution in [0.2, 0.25) is 0 Å². The second-order valence-electron chi connectivity index (χ2n) is 4.54. The monoisotopic (exact) mass is 183 g/mol. The fraction of sp³-hybridized carbons (Fsp3) is 1.00. The number of nitrogens with zero attached hydrogens (tertiary/aromatic N) is 3. The maximum absolute atomic E-state index is 2.67. The molecule has 0 aromatic carbocycles. The van der Waals surface area contributed by atoms with E-state index < -0.39 is 0 Å². The molecule has 2 fully saturated rings. The number of piperazine rings is 1. The van der Waals surface area contributed by atoms with E-state index in [1.807, 2.05) is 0 Å². The SMILES string of the molecule is CN1CCN([C@@H]2CCN(C)C2)CC1. The fourth-order valence-electron chi connectivity index (χ4n) is 2.40. The summed E-state index contributed by atoms with van der Waals surface area (Å²) >= 11 is 0. The van der Waals surface area contributed by atoms with E-state index in [9.17, 15) is 0 Å². The summed E-state index contributed by atoms with van der Waals surface area (Å²) in [7, 11) is 4.45. The molecule has 0 aromatic rings. The molecule has 2 rings (SSSR count). The van der Waals surface area contributed by atoms with Crippen molar-refractivity contribution >= 4 is 0 Å². The summed E-state index contributed by atoms with van der Waals surface area (Å²) in [5.74, 6) is 0. The number of hydrogen-bond acceptors (Lipinski definition) is 3. The summed E-state index contributed by atoms with van der Waals surface area (Å²) in [6.45, 7) is 7.62. The first kappa shape index (κ1) is 9.44. The molecule has 0 spiro atoms. The van der Waals surface area contributed by atoms with Crippen LogP contribution in [-0.2, 0) is 0 Å². The molecule has 2 saturated heterocycles. The minimum absolute atomic E-state index is 0.846. The lowest BCUT2D eigenvalue weighted by molar-refractivity contribution is 0.114. The predicted octanol–water partition coefficient (Wildman–Crippen LogP) is -0.0621. The van der Waals surface area contributed by atoms with Gasteiger partial charge in [-0.25, -0.2) is 0 Å². The van der Waals surface area contributed by atoms with E-state index in [0.717, 1.165) is 6.04 Å². The maximum atomic E-state index is 2.67. The molecule has 0 N–H and O–H groups in total. The highest BCUT2D eigenvalue weighted by molar-refractivity contribution is 4.84. The Balaban J connectivity index is 1.81. The average molecular weight is 183 g/mol. The Morgan fingerprint density at radius 3 is 2.08 bits per heavy atom. The lowest BCUT2D eigenvalue weighted by atomic mass is 10.2. The van der Waals surface area contributed by atoms with Crippen molar-refractivity contribution in [3.8, 4) is 0 Å². The Kier molecular flexibility index (Phi) is 2.86. The normalized spacial score (nSPS) is 34.2. The highest BCUT2D eigenvalue weighted by Gasteiger charge is 2.27. The quantitative estimate of drug-likeness (QED) is 0.564. The molecule has 2 aliphatic rings. The van der Waals surface area contributed by atoms with Crippen LogP contribution in [0.15, 0.2) is 0 Å². The molecule has 2 heterocycles. The van der Waals surface area contributed by atoms with Gasteiger partial charge in [-0.05, 0) is 27.1 Å². The largest absolute Gasteiger partial charge is 0.305 e. The van der Waals surface area contributed by atoms with Gasteiger partial charge in [-0.3, -0.25) is 4.90 Å². The van der Waals surface area contributed by atoms with Gasteiger partial charge in [0.25, 0.3) is 0 Å². The Morgan fingerprint density at radius 1 is 0.846 bits per heavy atom. The Morgan fingerprint density at radius 2 is 1.54 bits per heavy atom. The van der Waals surface area contributed by atoms with Gasteiger partial charge in [0.15, 0.2) is 0 Å². The van der Waals surface area contributed by atoms with E-state index in [1.54, 1.807) is 0 Å². The van der Waals surface area contributed by atoms with Crippen molar-refractivity contribution in [3.63, 3.8) is 0 Å². The molecule has 13 heavy (non-hydrogen) atoms. The Bertz CT molecular complexity index is 164. The van der Waals surface area contributed by atoms with Gasteiger partial charge < -0.3 is 9.80 Å². The molecule has 76 valence electrons. The maximum Gasteiger partial charge on any atom is 0.0236 e. The van der Waals surface area contributed by atoms with Gasteiger partial charge in [0.2, 0.25) is 0 Å². The molecule has 1 atom stereocenters. The van der Waals surface area contributed by atoms with Crippen LogP contribution < -0.4 is 0 Å². The van der Waals surface area contributed by atoms with Crippen LogP contribution in [-0.4, -0.2) is 74.1 Å². The predicted molar refractivity (Wildman–Crippen MR) is 55.0 cm³/mol. The van der Waals surface area contributed by atoms with Crippen LogP contribution in [0.4, 0.5) is 0 Å². The van der Waals surface area contributed by atoms with E-state index in [4.69, 9.17) is 0 Å². The minimum Gasteiger partial charge on any atom is -0.305 e. The summed E-state index contributed by atoms with van der Waals surface area (Å²) in [6, 6.07) is 0.846. The van der Waals surface area contributed by atoms with Crippen molar-refractivity contribution in [2.24, 2.45) is 0 Å². The summed E-state index contributed by atoms with van der Waals surface area (Å²) in [5, 5.41) is 0. The summed E-state index contributed by atoms with van der Waals surface area (Å²) < 4.78 is 0. The first-order valence-electron chi connectivity index (χ1n) is 5.37. The van der Waals surface area contributed by atoms with Gasteiger partial charge in [-0.2, -0.15) is 0 Å². The average Bonchev–Trinajstić information content (AvgIpc) is 2.53. The zero-order valence-corrected chi connectivity index (χ0v) is 8.87. The van der Waals surface area contributed by atoms with Crippen molar-refractivity contribution in [2.75, 3.05) is 53.4 Å². The van der Waals surface area contributed by atoms with Crippen LogP contribution in [0.5, 0.6) is 0 Å². The third-order valence-corrected chi connectivity index (χ3v) is 3.42. The summed E-state index contributed by atoms with van der Waals surface area (Å²) in [6.07, 6.45) is 1.38. The van der Waals surface area contributed by atoms with E-state index in [-0.39, 0.29) is 0 Å². The second-order valence-corrected chi connectivity index (χ2v) is 4.54. The third-order valence-electron chi connectivity index (χ3n) is 3.42. The van der Waals surface area contributed by atoms with Crippen molar-refractivity contribution in [2.45, 2.75) is 12.5 Å². The van der Waals surface area contributed by atoms with Crippen LogP contribution in [0.1, 0.15) is 6.42 Å². The van der Waals surface area contributed by atoms with Gasteiger partial charge in [-0.15, -0.1) is 0 Å². The summed E-state index contributed by atoms with van der Waals surface area (Å²) in [5.41, 5.74) is 0. The van der Waals surface area contributed by atoms with Gasteiger partial charge in [0.1, 0.15) is 0 Å². The molecule has 0 aromatic heterocycles. The van der Waals surface area contributed by atoms with Crippen molar-refractivity contribution in [1.29, 1.82) is 0 Å². The molecule has 0 aliphatic carbocycles. The summed E-state index contributed by atoms with van der Waals surface area (Å²) in [4.78, 5) is 7.54. The van der Waals surface area contributed by atoms with Gasteiger partial charge in [-0.1, -0.05) is 0 Å². The topological polar surface area (TPSA) is 9.72 Å². The first-order valence-corrected chi connectivity index (χ1v) is 5.37. The molecule has 0 amide bonds. The molecule has 0 saturated carbocycles. The molecule has 0 bridgehead atoms. The van der Waals surface area contributed by atoms with Crippen LogP contribution in [0.25, 0.3) is 0 Å².